The summed E-state index contributed by atoms with van der Waals surface area (Å²) in [5.74, 6) is 0.582. The van der Waals surface area contributed by atoms with E-state index in [-0.39, 0.29) is 6.04 Å². The molecule has 1 unspecified atom stereocenters. The van der Waals surface area contributed by atoms with E-state index in [9.17, 15) is 8.42 Å². The fourth-order valence-corrected chi connectivity index (χ4v) is 4.55. The highest BCUT2D eigenvalue weighted by Gasteiger charge is 2.28. The third kappa shape index (κ3) is 2.70. The quantitative estimate of drug-likeness (QED) is 0.880. The Kier molecular flexibility index (Phi) is 3.58. The zero-order valence-corrected chi connectivity index (χ0v) is 11.7. The van der Waals surface area contributed by atoms with Crippen LogP contribution in [0.5, 0.6) is 0 Å². The van der Waals surface area contributed by atoms with Gasteiger partial charge in [-0.05, 0) is 36.9 Å². The van der Waals surface area contributed by atoms with Crippen LogP contribution in [0.2, 0.25) is 0 Å². The summed E-state index contributed by atoms with van der Waals surface area (Å²) in [4.78, 5) is 1.17. The van der Waals surface area contributed by atoms with Gasteiger partial charge in [0, 0.05) is 10.9 Å². The first-order chi connectivity index (χ1) is 7.91. The molecule has 2 rings (SSSR count). The van der Waals surface area contributed by atoms with Crippen molar-refractivity contribution >= 4 is 21.4 Å². The van der Waals surface area contributed by atoms with Crippen molar-refractivity contribution in [2.24, 2.45) is 11.1 Å². The molecule has 17 heavy (non-hydrogen) atoms. The smallest absolute Gasteiger partial charge is 0.247 e. The number of sulfonamides is 1. The first-order valence-corrected chi connectivity index (χ1v) is 8.17. The third-order valence-electron chi connectivity index (χ3n) is 3.10. The standard InChI is InChI=1S/C11H18N2O2S2/c1-3-13-9-4-7(2)5-10-8(9)6-11(16-10)17(12,14)15/h6-7,9,13H,3-5H2,1-2H3,(H2,12,14,15)/t7-,9?/m0/s1. The van der Waals surface area contributed by atoms with Gasteiger partial charge in [-0.2, -0.15) is 0 Å². The van der Waals surface area contributed by atoms with Crippen LogP contribution in [0.15, 0.2) is 10.3 Å². The van der Waals surface area contributed by atoms with Crippen molar-refractivity contribution in [3.8, 4) is 0 Å². The van der Waals surface area contributed by atoms with Crippen LogP contribution in [0.1, 0.15) is 36.8 Å². The van der Waals surface area contributed by atoms with E-state index in [2.05, 4.69) is 19.2 Å². The summed E-state index contributed by atoms with van der Waals surface area (Å²) < 4.78 is 23.0. The van der Waals surface area contributed by atoms with Crippen LogP contribution < -0.4 is 10.5 Å². The van der Waals surface area contributed by atoms with Crippen molar-refractivity contribution in [3.05, 3.63) is 16.5 Å². The molecule has 96 valence electrons. The highest BCUT2D eigenvalue weighted by atomic mass is 32.2. The lowest BCUT2D eigenvalue weighted by molar-refractivity contribution is 0.391. The Morgan fingerprint density at radius 2 is 2.29 bits per heavy atom. The predicted octanol–water partition coefficient (Wildman–Crippen LogP) is 1.63. The summed E-state index contributed by atoms with van der Waals surface area (Å²) in [6.07, 6.45) is 2.01. The molecule has 0 radical (unpaired) electrons. The van der Waals surface area contributed by atoms with Crippen LogP contribution in [0, 0.1) is 5.92 Å². The molecule has 3 N–H and O–H groups in total. The Labute approximate surface area is 106 Å². The van der Waals surface area contributed by atoms with Gasteiger partial charge in [0.2, 0.25) is 10.0 Å². The number of fused-ring (bicyclic) bond motifs is 1. The van der Waals surface area contributed by atoms with Gasteiger partial charge in [0.1, 0.15) is 4.21 Å². The highest BCUT2D eigenvalue weighted by molar-refractivity contribution is 7.91. The SMILES string of the molecule is CCNC1C[C@H](C)Cc2sc(S(N)(=O)=O)cc21. The molecule has 4 nitrogen and oxygen atoms in total. The summed E-state index contributed by atoms with van der Waals surface area (Å²) >= 11 is 1.32. The molecule has 0 spiro atoms. The first-order valence-electron chi connectivity index (χ1n) is 5.80. The van der Waals surface area contributed by atoms with Crippen molar-refractivity contribution in [1.29, 1.82) is 0 Å². The molecule has 0 saturated carbocycles. The number of nitrogens with two attached hydrogens (primary N) is 1. The fourth-order valence-electron chi connectivity index (χ4n) is 2.38. The second kappa shape index (κ2) is 4.68. The largest absolute Gasteiger partial charge is 0.310 e. The molecule has 0 bridgehead atoms. The minimum atomic E-state index is -3.56. The maximum Gasteiger partial charge on any atom is 0.247 e. The fraction of sp³-hybridized carbons (Fsp3) is 0.636. The second-order valence-electron chi connectivity index (χ2n) is 4.64. The van der Waals surface area contributed by atoms with Crippen molar-refractivity contribution in [1.82, 2.24) is 5.32 Å². The van der Waals surface area contributed by atoms with Gasteiger partial charge in [-0.3, -0.25) is 0 Å². The van der Waals surface area contributed by atoms with Crippen LogP contribution in [0.3, 0.4) is 0 Å². The molecule has 1 aromatic heterocycles. The van der Waals surface area contributed by atoms with Crippen molar-refractivity contribution in [2.75, 3.05) is 6.54 Å². The number of hydrogen-bond acceptors (Lipinski definition) is 4. The lowest BCUT2D eigenvalue weighted by Crippen LogP contribution is -2.27. The second-order valence-corrected chi connectivity index (χ2v) is 7.57. The Balaban J connectivity index is 2.41. The average molecular weight is 274 g/mol. The first kappa shape index (κ1) is 13.0. The predicted molar refractivity (Wildman–Crippen MR) is 69.6 cm³/mol. The van der Waals surface area contributed by atoms with Gasteiger partial charge in [-0.15, -0.1) is 11.3 Å². The zero-order chi connectivity index (χ0) is 12.6. The summed E-state index contributed by atoms with van der Waals surface area (Å²) in [6, 6.07) is 2.01. The lowest BCUT2D eigenvalue weighted by atomic mass is 9.86. The van der Waals surface area contributed by atoms with Crippen LogP contribution in [-0.4, -0.2) is 15.0 Å². The molecule has 0 aromatic carbocycles. The van der Waals surface area contributed by atoms with Gasteiger partial charge in [-0.1, -0.05) is 13.8 Å². The van der Waals surface area contributed by atoms with Crippen molar-refractivity contribution < 1.29 is 8.42 Å². The Morgan fingerprint density at radius 3 is 2.88 bits per heavy atom. The Hall–Kier alpha value is -0.430. The minimum Gasteiger partial charge on any atom is -0.310 e. The van der Waals surface area contributed by atoms with E-state index < -0.39 is 10.0 Å². The molecule has 0 aliphatic heterocycles. The summed E-state index contributed by atoms with van der Waals surface area (Å²) in [7, 11) is -3.56. The molecular weight excluding hydrogens is 256 g/mol. The third-order valence-corrected chi connectivity index (χ3v) is 5.69. The van der Waals surface area contributed by atoms with E-state index in [1.54, 1.807) is 6.07 Å². The van der Waals surface area contributed by atoms with Gasteiger partial charge in [-0.25, -0.2) is 13.6 Å². The number of rotatable bonds is 3. The number of hydrogen-bond donors (Lipinski definition) is 2. The molecule has 1 aromatic rings. The molecular formula is C11H18N2O2S2. The lowest BCUT2D eigenvalue weighted by Gasteiger charge is -2.27. The number of primary sulfonamides is 1. The minimum absolute atomic E-state index is 0.269. The van der Waals surface area contributed by atoms with Gasteiger partial charge >= 0.3 is 0 Å². The Bertz CT molecular complexity index is 508. The topological polar surface area (TPSA) is 72.2 Å². The van der Waals surface area contributed by atoms with Gasteiger partial charge in [0.05, 0.1) is 0 Å². The molecule has 0 saturated heterocycles. The van der Waals surface area contributed by atoms with Gasteiger partial charge in [0.15, 0.2) is 0 Å². The molecule has 1 heterocycles. The van der Waals surface area contributed by atoms with E-state index in [4.69, 9.17) is 5.14 Å². The van der Waals surface area contributed by atoms with Crippen LogP contribution in [0.4, 0.5) is 0 Å². The summed E-state index contributed by atoms with van der Waals surface area (Å²) in [6.45, 7) is 5.15. The van der Waals surface area contributed by atoms with Crippen molar-refractivity contribution in [3.63, 3.8) is 0 Å². The van der Waals surface area contributed by atoms with E-state index in [0.29, 0.717) is 10.1 Å². The normalized spacial score (nSPS) is 24.6. The molecule has 1 aliphatic rings. The maximum absolute atomic E-state index is 11.4. The van der Waals surface area contributed by atoms with Crippen LogP contribution >= 0.6 is 11.3 Å². The number of nitrogens with one attached hydrogen (secondary N) is 1. The highest BCUT2D eigenvalue weighted by Crippen LogP contribution is 2.39. The van der Waals surface area contributed by atoms with Crippen LogP contribution in [-0.2, 0) is 16.4 Å². The molecule has 2 atom stereocenters. The molecule has 0 fully saturated rings. The summed E-state index contributed by atoms with van der Waals surface area (Å²) in [5.41, 5.74) is 1.12. The van der Waals surface area contributed by atoms with E-state index in [0.717, 1.165) is 24.9 Å². The monoisotopic (exact) mass is 274 g/mol. The molecule has 6 heteroatoms. The zero-order valence-electron chi connectivity index (χ0n) is 10.1. The Morgan fingerprint density at radius 1 is 1.59 bits per heavy atom. The van der Waals surface area contributed by atoms with E-state index in [1.165, 1.54) is 16.2 Å². The van der Waals surface area contributed by atoms with E-state index >= 15 is 0 Å². The molecule has 0 amide bonds. The molecule has 1 aliphatic carbocycles. The maximum atomic E-state index is 11.4. The van der Waals surface area contributed by atoms with E-state index in [1.807, 2.05) is 0 Å². The van der Waals surface area contributed by atoms with Crippen molar-refractivity contribution in [2.45, 2.75) is 36.9 Å². The number of thiophene rings is 1. The summed E-state index contributed by atoms with van der Waals surface area (Å²) in [5, 5.41) is 8.59. The van der Waals surface area contributed by atoms with Gasteiger partial charge in [0.25, 0.3) is 0 Å². The average Bonchev–Trinajstić information content (AvgIpc) is 2.61. The van der Waals surface area contributed by atoms with Gasteiger partial charge < -0.3 is 5.32 Å². The van der Waals surface area contributed by atoms with Crippen LogP contribution in [0.25, 0.3) is 0 Å².